The Labute approximate surface area is 134 Å². The van der Waals surface area contributed by atoms with Crippen molar-refractivity contribution in [1.29, 1.82) is 0 Å². The molecule has 2 heterocycles. The number of amides is 1. The van der Waals surface area contributed by atoms with E-state index in [1.165, 1.54) is 11.1 Å². The van der Waals surface area contributed by atoms with Crippen LogP contribution < -0.4 is 5.73 Å². The molecule has 1 aromatic carbocycles. The van der Waals surface area contributed by atoms with Gasteiger partial charge in [0.05, 0.1) is 23.6 Å². The van der Waals surface area contributed by atoms with Gasteiger partial charge in [-0.15, -0.1) is 0 Å². The SMILES string of the molecule is Cc1ccc2nc(C3CC4=CCCC=C4N3C(=O)CN)[nH]c2c1. The third kappa shape index (κ3) is 2.28. The number of allylic oxidation sites excluding steroid dienone is 3. The van der Waals surface area contributed by atoms with Gasteiger partial charge >= 0.3 is 0 Å². The zero-order valence-electron chi connectivity index (χ0n) is 13.2. The third-order valence-corrected chi connectivity index (χ3v) is 4.62. The van der Waals surface area contributed by atoms with E-state index in [0.29, 0.717) is 0 Å². The van der Waals surface area contributed by atoms with Crippen molar-refractivity contribution in [2.75, 3.05) is 6.54 Å². The van der Waals surface area contributed by atoms with Crippen molar-refractivity contribution in [3.8, 4) is 0 Å². The molecular weight excluding hydrogens is 288 g/mol. The van der Waals surface area contributed by atoms with Crippen LogP contribution in [0, 0.1) is 6.92 Å². The minimum Gasteiger partial charge on any atom is -0.340 e. The van der Waals surface area contributed by atoms with Gasteiger partial charge in [0.1, 0.15) is 5.82 Å². The molecule has 1 fully saturated rings. The molecule has 0 radical (unpaired) electrons. The predicted molar refractivity (Wildman–Crippen MR) is 89.5 cm³/mol. The van der Waals surface area contributed by atoms with Crippen molar-refractivity contribution in [3.63, 3.8) is 0 Å². The number of nitrogens with zero attached hydrogens (tertiary/aromatic N) is 2. The average Bonchev–Trinajstić information content (AvgIpc) is 3.14. The highest BCUT2D eigenvalue weighted by Crippen LogP contribution is 2.43. The molecule has 1 aliphatic heterocycles. The molecule has 5 nitrogen and oxygen atoms in total. The number of aromatic amines is 1. The average molecular weight is 308 g/mol. The largest absolute Gasteiger partial charge is 0.340 e. The first-order chi connectivity index (χ1) is 11.2. The van der Waals surface area contributed by atoms with Gasteiger partial charge in [0.15, 0.2) is 0 Å². The summed E-state index contributed by atoms with van der Waals surface area (Å²) in [5.74, 6) is 0.784. The van der Waals surface area contributed by atoms with Gasteiger partial charge in [0, 0.05) is 12.1 Å². The van der Waals surface area contributed by atoms with Crippen LogP contribution >= 0.6 is 0 Å². The smallest absolute Gasteiger partial charge is 0.241 e. The number of fused-ring (bicyclic) bond motifs is 2. The Morgan fingerprint density at radius 2 is 2.22 bits per heavy atom. The van der Waals surface area contributed by atoms with Crippen LogP contribution in [-0.2, 0) is 4.79 Å². The number of hydrogen-bond acceptors (Lipinski definition) is 3. The van der Waals surface area contributed by atoms with E-state index in [9.17, 15) is 4.79 Å². The van der Waals surface area contributed by atoms with Crippen LogP contribution in [0.1, 0.15) is 36.7 Å². The Morgan fingerprint density at radius 3 is 3.04 bits per heavy atom. The maximum atomic E-state index is 12.4. The second kappa shape index (κ2) is 5.35. The first kappa shape index (κ1) is 14.2. The van der Waals surface area contributed by atoms with E-state index in [2.05, 4.69) is 36.2 Å². The molecule has 1 aliphatic carbocycles. The van der Waals surface area contributed by atoms with Crippen molar-refractivity contribution >= 4 is 16.9 Å². The number of nitrogens with two attached hydrogens (primary N) is 1. The number of carbonyl (C=O) groups excluding carboxylic acids is 1. The summed E-state index contributed by atoms with van der Waals surface area (Å²) in [5, 5.41) is 0. The fourth-order valence-electron chi connectivity index (χ4n) is 3.55. The van der Waals surface area contributed by atoms with Crippen LogP contribution in [0.2, 0.25) is 0 Å². The van der Waals surface area contributed by atoms with Crippen molar-refractivity contribution in [2.45, 2.75) is 32.2 Å². The van der Waals surface area contributed by atoms with E-state index in [-0.39, 0.29) is 18.5 Å². The van der Waals surface area contributed by atoms with Crippen LogP contribution in [0.4, 0.5) is 0 Å². The van der Waals surface area contributed by atoms with Gasteiger partial charge in [-0.1, -0.05) is 18.2 Å². The fourth-order valence-corrected chi connectivity index (χ4v) is 3.55. The van der Waals surface area contributed by atoms with E-state index in [1.807, 2.05) is 11.0 Å². The lowest BCUT2D eigenvalue weighted by Gasteiger charge is -2.24. The zero-order chi connectivity index (χ0) is 16.0. The summed E-state index contributed by atoms with van der Waals surface area (Å²) in [7, 11) is 0. The van der Waals surface area contributed by atoms with Crippen LogP contribution in [0.15, 0.2) is 41.6 Å². The summed E-state index contributed by atoms with van der Waals surface area (Å²) in [5.41, 5.74) is 11.0. The molecule has 118 valence electrons. The Morgan fingerprint density at radius 1 is 1.39 bits per heavy atom. The molecule has 0 saturated carbocycles. The van der Waals surface area contributed by atoms with Crippen molar-refractivity contribution in [2.24, 2.45) is 5.73 Å². The number of H-pyrrole nitrogens is 1. The molecule has 2 aliphatic rings. The summed E-state index contributed by atoms with van der Waals surface area (Å²) in [6.07, 6.45) is 7.19. The number of aromatic nitrogens is 2. The summed E-state index contributed by atoms with van der Waals surface area (Å²) in [6.45, 7) is 2.07. The first-order valence-electron chi connectivity index (χ1n) is 8.05. The monoisotopic (exact) mass is 308 g/mol. The van der Waals surface area contributed by atoms with Gasteiger partial charge in [0.2, 0.25) is 5.91 Å². The lowest BCUT2D eigenvalue weighted by Crippen LogP contribution is -2.35. The van der Waals surface area contributed by atoms with Gasteiger partial charge in [-0.3, -0.25) is 4.79 Å². The molecule has 0 bridgehead atoms. The highest BCUT2D eigenvalue weighted by atomic mass is 16.2. The van der Waals surface area contributed by atoms with E-state index < -0.39 is 0 Å². The molecule has 0 spiro atoms. The molecule has 3 N–H and O–H groups in total. The fraction of sp³-hybridized carbons (Fsp3) is 0.333. The number of imidazole rings is 1. The van der Waals surface area contributed by atoms with E-state index >= 15 is 0 Å². The van der Waals surface area contributed by atoms with E-state index in [0.717, 1.165) is 41.8 Å². The lowest BCUT2D eigenvalue weighted by molar-refractivity contribution is -0.129. The van der Waals surface area contributed by atoms with Crippen molar-refractivity contribution in [1.82, 2.24) is 14.9 Å². The molecule has 5 heteroatoms. The summed E-state index contributed by atoms with van der Waals surface area (Å²) in [6, 6.07) is 6.06. The van der Waals surface area contributed by atoms with Crippen molar-refractivity contribution in [3.05, 3.63) is 53.0 Å². The van der Waals surface area contributed by atoms with Crippen LogP contribution in [0.5, 0.6) is 0 Å². The number of benzene rings is 1. The molecule has 1 saturated heterocycles. The van der Waals surface area contributed by atoms with E-state index in [1.54, 1.807) is 0 Å². The molecule has 4 rings (SSSR count). The first-order valence-corrected chi connectivity index (χ1v) is 8.05. The highest BCUT2D eigenvalue weighted by molar-refractivity contribution is 5.83. The van der Waals surface area contributed by atoms with E-state index in [4.69, 9.17) is 10.7 Å². The second-order valence-corrected chi connectivity index (χ2v) is 6.23. The molecule has 1 amide bonds. The predicted octanol–water partition coefficient (Wildman–Crippen LogP) is 2.71. The summed E-state index contributed by atoms with van der Waals surface area (Å²) in [4.78, 5) is 22.4. The van der Waals surface area contributed by atoms with Gasteiger partial charge in [-0.2, -0.15) is 0 Å². The normalized spacial score (nSPS) is 20.4. The number of carbonyl (C=O) groups is 1. The number of nitrogens with one attached hydrogen (secondary N) is 1. The van der Waals surface area contributed by atoms with Crippen molar-refractivity contribution < 1.29 is 4.79 Å². The Bertz CT molecular complexity index is 846. The maximum absolute atomic E-state index is 12.4. The highest BCUT2D eigenvalue weighted by Gasteiger charge is 2.38. The molecule has 2 aromatic rings. The maximum Gasteiger partial charge on any atom is 0.241 e. The Balaban J connectivity index is 1.80. The number of likely N-dealkylation sites (tertiary alicyclic amines) is 1. The zero-order valence-corrected chi connectivity index (χ0v) is 13.2. The lowest BCUT2D eigenvalue weighted by atomic mass is 10.0. The number of aryl methyl sites for hydroxylation is 1. The van der Waals surface area contributed by atoms with Gasteiger partial charge in [-0.25, -0.2) is 4.98 Å². The molecule has 1 unspecified atom stereocenters. The second-order valence-electron chi connectivity index (χ2n) is 6.23. The van der Waals surface area contributed by atoms with Crippen LogP contribution in [0.25, 0.3) is 11.0 Å². The molecule has 1 atom stereocenters. The third-order valence-electron chi connectivity index (χ3n) is 4.62. The number of rotatable bonds is 2. The minimum absolute atomic E-state index is 0.0143. The quantitative estimate of drug-likeness (QED) is 0.895. The standard InChI is InChI=1S/C18H20N4O/c1-11-6-7-13-14(8-11)21-18(20-13)16-9-12-4-2-3-5-15(12)22(16)17(23)10-19/h4-8,16H,2-3,9-10,19H2,1H3,(H,20,21). The topological polar surface area (TPSA) is 75.0 Å². The van der Waals surface area contributed by atoms with Gasteiger partial charge in [0.25, 0.3) is 0 Å². The molecule has 1 aromatic heterocycles. The van der Waals surface area contributed by atoms with Gasteiger partial charge in [-0.05, 0) is 43.0 Å². The Kier molecular flexibility index (Phi) is 3.31. The Hall–Kier alpha value is -2.40. The number of hydrogen-bond donors (Lipinski definition) is 2. The van der Waals surface area contributed by atoms with Gasteiger partial charge < -0.3 is 15.6 Å². The molecular formula is C18H20N4O. The summed E-state index contributed by atoms with van der Waals surface area (Å²) < 4.78 is 0. The van der Waals surface area contributed by atoms with Crippen LogP contribution in [0.3, 0.4) is 0 Å². The van der Waals surface area contributed by atoms with Crippen LogP contribution in [-0.4, -0.2) is 27.3 Å². The summed E-state index contributed by atoms with van der Waals surface area (Å²) >= 11 is 0. The molecule has 23 heavy (non-hydrogen) atoms. The minimum atomic E-state index is -0.0886.